The van der Waals surface area contributed by atoms with Gasteiger partial charge in [0.25, 0.3) is 0 Å². The van der Waals surface area contributed by atoms with Crippen molar-refractivity contribution in [3.05, 3.63) is 18.2 Å². The largest absolute Gasteiger partial charge is 0.490 e. The van der Waals surface area contributed by atoms with E-state index in [2.05, 4.69) is 15.6 Å². The first-order valence-corrected chi connectivity index (χ1v) is 11.4. The summed E-state index contributed by atoms with van der Waals surface area (Å²) in [6.07, 6.45) is 4.10. The molecule has 186 valence electrons. The summed E-state index contributed by atoms with van der Waals surface area (Å²) in [6.45, 7) is 6.17. The number of nitrogens with zero attached hydrogens (tertiary/aromatic N) is 1. The van der Waals surface area contributed by atoms with Gasteiger partial charge in [0, 0.05) is 37.9 Å². The second-order valence-corrected chi connectivity index (χ2v) is 7.94. The molecule has 3 rings (SSSR count). The Bertz CT molecular complexity index is 758. The van der Waals surface area contributed by atoms with Gasteiger partial charge in [-0.1, -0.05) is 6.92 Å². The van der Waals surface area contributed by atoms with Gasteiger partial charge in [-0.25, -0.2) is 0 Å². The molecular weight excluding hydrogens is 541 g/mol. The number of carbonyl (C=O) groups is 1. The summed E-state index contributed by atoms with van der Waals surface area (Å²) in [6, 6.07) is 5.70. The zero-order valence-electron chi connectivity index (χ0n) is 19.5. The summed E-state index contributed by atoms with van der Waals surface area (Å²) in [5.74, 6) is 1.40. The number of methoxy groups -OCH3 is 1. The van der Waals surface area contributed by atoms with Gasteiger partial charge in [-0.2, -0.15) is 0 Å². The van der Waals surface area contributed by atoms with Crippen LogP contribution in [0, 0.1) is 5.92 Å². The summed E-state index contributed by atoms with van der Waals surface area (Å²) >= 11 is 0. The zero-order chi connectivity index (χ0) is 22.6. The fraction of sp³-hybridized carbons (Fsp3) is 0.652. The molecule has 1 aromatic rings. The molecule has 0 aliphatic carbocycles. The lowest BCUT2D eigenvalue weighted by atomic mass is 10.2. The Balaban J connectivity index is 0.00000385. The van der Waals surface area contributed by atoms with Crippen LogP contribution in [0.3, 0.4) is 0 Å². The third kappa shape index (κ3) is 9.54. The maximum Gasteiger partial charge on any atom is 0.310 e. The van der Waals surface area contributed by atoms with Crippen LogP contribution in [-0.4, -0.2) is 71.3 Å². The van der Waals surface area contributed by atoms with Crippen LogP contribution in [0.15, 0.2) is 23.2 Å². The average molecular weight is 577 g/mol. The van der Waals surface area contributed by atoms with Crippen LogP contribution >= 0.6 is 24.0 Å². The van der Waals surface area contributed by atoms with E-state index < -0.39 is 0 Å². The number of esters is 1. The summed E-state index contributed by atoms with van der Waals surface area (Å²) < 4.78 is 27.5. The first-order valence-electron chi connectivity index (χ1n) is 11.4. The van der Waals surface area contributed by atoms with E-state index in [0.29, 0.717) is 51.2 Å². The van der Waals surface area contributed by atoms with Crippen LogP contribution < -0.4 is 20.1 Å². The van der Waals surface area contributed by atoms with Crippen LogP contribution in [0.4, 0.5) is 5.69 Å². The van der Waals surface area contributed by atoms with Crippen molar-refractivity contribution in [1.82, 2.24) is 5.32 Å². The minimum Gasteiger partial charge on any atom is -0.490 e. The average Bonchev–Trinajstić information content (AvgIpc) is 3.22. The highest BCUT2D eigenvalue weighted by Crippen LogP contribution is 2.32. The molecule has 2 unspecified atom stereocenters. The summed E-state index contributed by atoms with van der Waals surface area (Å²) in [5, 5.41) is 6.59. The van der Waals surface area contributed by atoms with Crippen molar-refractivity contribution in [1.29, 1.82) is 0 Å². The van der Waals surface area contributed by atoms with Gasteiger partial charge < -0.3 is 34.3 Å². The summed E-state index contributed by atoms with van der Waals surface area (Å²) in [4.78, 5) is 16.3. The van der Waals surface area contributed by atoms with E-state index >= 15 is 0 Å². The molecule has 2 atom stereocenters. The minimum absolute atomic E-state index is 0. The van der Waals surface area contributed by atoms with Gasteiger partial charge in [0.15, 0.2) is 17.5 Å². The van der Waals surface area contributed by atoms with Gasteiger partial charge in [-0.3, -0.25) is 9.79 Å². The fourth-order valence-electron chi connectivity index (χ4n) is 3.39. The van der Waals surface area contributed by atoms with Crippen LogP contribution in [0.25, 0.3) is 0 Å². The number of carbonyl (C=O) groups excluding carboxylic acids is 1. The quantitative estimate of drug-likeness (QED) is 0.144. The number of benzene rings is 1. The maximum absolute atomic E-state index is 11.7. The fourth-order valence-corrected chi connectivity index (χ4v) is 3.39. The predicted molar refractivity (Wildman–Crippen MR) is 137 cm³/mol. The van der Waals surface area contributed by atoms with Crippen LogP contribution in [0.2, 0.25) is 0 Å². The number of fused-ring (bicyclic) bond motifs is 1. The minimum atomic E-state index is -0.336. The highest BCUT2D eigenvalue weighted by Gasteiger charge is 2.16. The number of ether oxygens (including phenoxy) is 5. The van der Waals surface area contributed by atoms with E-state index in [1.807, 2.05) is 18.2 Å². The third-order valence-corrected chi connectivity index (χ3v) is 5.22. The van der Waals surface area contributed by atoms with E-state index in [0.717, 1.165) is 43.7 Å². The van der Waals surface area contributed by atoms with Crippen molar-refractivity contribution in [3.63, 3.8) is 0 Å². The van der Waals surface area contributed by atoms with Crippen molar-refractivity contribution >= 4 is 41.6 Å². The molecule has 2 N–H and O–H groups in total. The molecule has 1 fully saturated rings. The molecule has 9 nitrogen and oxygen atoms in total. The van der Waals surface area contributed by atoms with E-state index in [4.69, 9.17) is 23.7 Å². The standard InChI is InChI=1S/C23H35N3O6.HI/c1-17(22(27)28-2)15-25-23(24-9-4-10-29-16-19-6-3-11-30-19)26-18-7-8-20-21(14-18)32-13-5-12-31-20;/h7-8,14,17,19H,3-6,9-13,15-16H2,1-2H3,(H2,24,25,26);1H. The first-order chi connectivity index (χ1) is 15.7. The molecule has 0 amide bonds. The van der Waals surface area contributed by atoms with Gasteiger partial charge in [-0.15, -0.1) is 24.0 Å². The maximum atomic E-state index is 11.7. The molecular formula is C23H36IN3O6. The number of aliphatic imine (C=N–C) groups is 1. The molecule has 1 saturated heterocycles. The Morgan fingerprint density at radius 3 is 2.79 bits per heavy atom. The second kappa shape index (κ2) is 15.2. The van der Waals surface area contributed by atoms with E-state index in [-0.39, 0.29) is 42.0 Å². The Hall–Kier alpha value is -1.79. The van der Waals surface area contributed by atoms with Gasteiger partial charge in [0.05, 0.1) is 45.5 Å². The molecule has 0 radical (unpaired) electrons. The lowest BCUT2D eigenvalue weighted by Gasteiger charge is -2.16. The normalized spacial score (nSPS) is 18.6. The van der Waals surface area contributed by atoms with E-state index in [1.165, 1.54) is 7.11 Å². The number of guanidine groups is 1. The topological polar surface area (TPSA) is 99.6 Å². The summed E-state index contributed by atoms with van der Waals surface area (Å²) in [5.41, 5.74) is 0.820. The van der Waals surface area contributed by atoms with Gasteiger partial charge in [-0.05, 0) is 31.4 Å². The molecule has 0 bridgehead atoms. The second-order valence-electron chi connectivity index (χ2n) is 7.94. The number of nitrogens with one attached hydrogen (secondary N) is 2. The Morgan fingerprint density at radius 2 is 2.03 bits per heavy atom. The number of hydrogen-bond donors (Lipinski definition) is 2. The highest BCUT2D eigenvalue weighted by molar-refractivity contribution is 14.0. The van der Waals surface area contributed by atoms with Crippen molar-refractivity contribution in [2.75, 3.05) is 58.6 Å². The number of anilines is 1. The molecule has 0 saturated carbocycles. The number of rotatable bonds is 10. The molecule has 2 aliphatic rings. The highest BCUT2D eigenvalue weighted by atomic mass is 127. The van der Waals surface area contributed by atoms with E-state index in [1.54, 1.807) is 6.92 Å². The molecule has 10 heteroatoms. The lowest BCUT2D eigenvalue weighted by Crippen LogP contribution is -2.33. The van der Waals surface area contributed by atoms with Crippen LogP contribution in [-0.2, 0) is 19.0 Å². The Labute approximate surface area is 212 Å². The third-order valence-electron chi connectivity index (χ3n) is 5.22. The number of hydrogen-bond acceptors (Lipinski definition) is 7. The molecule has 33 heavy (non-hydrogen) atoms. The molecule has 0 spiro atoms. The van der Waals surface area contributed by atoms with Crippen molar-refractivity contribution in [3.8, 4) is 11.5 Å². The predicted octanol–water partition coefficient (Wildman–Crippen LogP) is 3.22. The van der Waals surface area contributed by atoms with Crippen LogP contribution in [0.5, 0.6) is 11.5 Å². The van der Waals surface area contributed by atoms with Crippen molar-refractivity contribution in [2.45, 2.75) is 38.7 Å². The molecule has 2 heterocycles. The molecule has 0 aromatic heterocycles. The van der Waals surface area contributed by atoms with Crippen molar-refractivity contribution < 1.29 is 28.5 Å². The Morgan fingerprint density at radius 1 is 1.21 bits per heavy atom. The van der Waals surface area contributed by atoms with Crippen molar-refractivity contribution in [2.24, 2.45) is 10.9 Å². The molecule has 1 aromatic carbocycles. The van der Waals surface area contributed by atoms with Gasteiger partial charge in [0.1, 0.15) is 0 Å². The monoisotopic (exact) mass is 577 g/mol. The Kier molecular flexibility index (Phi) is 12.6. The zero-order valence-corrected chi connectivity index (χ0v) is 21.8. The van der Waals surface area contributed by atoms with Gasteiger partial charge >= 0.3 is 5.97 Å². The van der Waals surface area contributed by atoms with Gasteiger partial charge in [0.2, 0.25) is 0 Å². The smallest absolute Gasteiger partial charge is 0.310 e. The first kappa shape index (κ1) is 27.5. The number of halogens is 1. The van der Waals surface area contributed by atoms with Crippen LogP contribution in [0.1, 0.15) is 32.6 Å². The van der Waals surface area contributed by atoms with E-state index in [9.17, 15) is 4.79 Å². The lowest BCUT2D eigenvalue weighted by molar-refractivity contribution is -0.144. The molecule has 2 aliphatic heterocycles. The SMILES string of the molecule is COC(=O)C(C)CN=C(NCCCOCC1CCCO1)Nc1ccc2c(c1)OCCCO2.I. The summed E-state index contributed by atoms with van der Waals surface area (Å²) in [7, 11) is 1.38.